The Morgan fingerprint density at radius 2 is 2.41 bits per heavy atom. The van der Waals surface area contributed by atoms with Crippen molar-refractivity contribution in [2.24, 2.45) is 0 Å². The molecular formula is C12H20N2O3. The highest BCUT2D eigenvalue weighted by atomic mass is 16.5. The number of hydrogen-bond donors (Lipinski definition) is 2. The number of hydrogen-bond acceptors (Lipinski definition) is 4. The summed E-state index contributed by atoms with van der Waals surface area (Å²) in [5.74, 6) is 0.726. The molecular weight excluding hydrogens is 220 g/mol. The standard InChI is InChI=1S/C12H20N2O3/c1-10(13-6-4-7-16-2)12(15)14-9-11-5-3-8-17-11/h3,5,8,10,13H,4,6-7,9H2,1-2H3,(H,14,15). The number of ether oxygens (including phenoxy) is 1. The van der Waals surface area contributed by atoms with E-state index in [1.54, 1.807) is 19.4 Å². The fourth-order valence-corrected chi connectivity index (χ4v) is 1.37. The van der Waals surface area contributed by atoms with Gasteiger partial charge in [0, 0.05) is 13.7 Å². The molecule has 0 aliphatic rings. The van der Waals surface area contributed by atoms with Crippen LogP contribution in [-0.4, -0.2) is 32.2 Å². The second kappa shape index (κ2) is 7.86. The average molecular weight is 240 g/mol. The van der Waals surface area contributed by atoms with Crippen molar-refractivity contribution in [2.75, 3.05) is 20.3 Å². The fourth-order valence-electron chi connectivity index (χ4n) is 1.37. The number of carbonyl (C=O) groups excluding carboxylic acids is 1. The summed E-state index contributed by atoms with van der Waals surface area (Å²) in [6.07, 6.45) is 2.49. The molecule has 5 nitrogen and oxygen atoms in total. The van der Waals surface area contributed by atoms with Gasteiger partial charge in [0.15, 0.2) is 0 Å². The molecule has 1 amide bonds. The zero-order valence-corrected chi connectivity index (χ0v) is 10.4. The summed E-state index contributed by atoms with van der Waals surface area (Å²) < 4.78 is 10.1. The van der Waals surface area contributed by atoms with Crippen LogP contribution in [0.5, 0.6) is 0 Å². The first-order valence-electron chi connectivity index (χ1n) is 5.76. The maximum Gasteiger partial charge on any atom is 0.237 e. The number of rotatable bonds is 8. The molecule has 0 aliphatic heterocycles. The molecule has 1 heterocycles. The molecule has 0 saturated heterocycles. The van der Waals surface area contributed by atoms with Gasteiger partial charge in [0.2, 0.25) is 5.91 Å². The van der Waals surface area contributed by atoms with Crippen molar-refractivity contribution in [3.8, 4) is 0 Å². The van der Waals surface area contributed by atoms with Crippen LogP contribution in [0.3, 0.4) is 0 Å². The molecule has 0 spiro atoms. The van der Waals surface area contributed by atoms with E-state index < -0.39 is 0 Å². The zero-order chi connectivity index (χ0) is 12.5. The lowest BCUT2D eigenvalue weighted by molar-refractivity contribution is -0.123. The fraction of sp³-hybridized carbons (Fsp3) is 0.583. The second-order valence-corrected chi connectivity index (χ2v) is 3.82. The van der Waals surface area contributed by atoms with Crippen LogP contribution >= 0.6 is 0 Å². The smallest absolute Gasteiger partial charge is 0.237 e. The maximum absolute atomic E-state index is 11.7. The minimum atomic E-state index is -0.207. The van der Waals surface area contributed by atoms with Crippen LogP contribution in [0.1, 0.15) is 19.1 Å². The van der Waals surface area contributed by atoms with Gasteiger partial charge in [0.1, 0.15) is 5.76 Å². The first kappa shape index (κ1) is 13.7. The van der Waals surface area contributed by atoms with E-state index in [0.29, 0.717) is 13.2 Å². The van der Waals surface area contributed by atoms with Gasteiger partial charge in [-0.25, -0.2) is 0 Å². The van der Waals surface area contributed by atoms with Crippen molar-refractivity contribution in [1.29, 1.82) is 0 Å². The molecule has 0 bridgehead atoms. The Hall–Kier alpha value is -1.33. The third-order valence-electron chi connectivity index (χ3n) is 2.39. The number of carbonyl (C=O) groups is 1. The lowest BCUT2D eigenvalue weighted by atomic mass is 10.3. The Morgan fingerprint density at radius 3 is 3.06 bits per heavy atom. The molecule has 0 radical (unpaired) electrons. The van der Waals surface area contributed by atoms with Gasteiger partial charge in [0.25, 0.3) is 0 Å². The van der Waals surface area contributed by atoms with Crippen LogP contribution in [0, 0.1) is 0 Å². The van der Waals surface area contributed by atoms with E-state index in [1.165, 1.54) is 0 Å². The van der Waals surface area contributed by atoms with Gasteiger partial charge in [-0.2, -0.15) is 0 Å². The summed E-state index contributed by atoms with van der Waals surface area (Å²) in [5.41, 5.74) is 0. The molecule has 96 valence electrons. The Morgan fingerprint density at radius 1 is 1.59 bits per heavy atom. The van der Waals surface area contributed by atoms with Gasteiger partial charge in [-0.1, -0.05) is 0 Å². The van der Waals surface area contributed by atoms with Crippen LogP contribution in [0.15, 0.2) is 22.8 Å². The molecule has 17 heavy (non-hydrogen) atoms. The van der Waals surface area contributed by atoms with Crippen LogP contribution in [-0.2, 0) is 16.1 Å². The molecule has 0 aliphatic carbocycles. The highest BCUT2D eigenvalue weighted by Gasteiger charge is 2.11. The van der Waals surface area contributed by atoms with Gasteiger partial charge in [0.05, 0.1) is 18.8 Å². The largest absolute Gasteiger partial charge is 0.467 e. The minimum absolute atomic E-state index is 0.0289. The van der Waals surface area contributed by atoms with Gasteiger partial charge in [-0.05, 0) is 32.0 Å². The highest BCUT2D eigenvalue weighted by Crippen LogP contribution is 1.98. The van der Waals surface area contributed by atoms with Crippen molar-refractivity contribution < 1.29 is 13.9 Å². The lowest BCUT2D eigenvalue weighted by Gasteiger charge is -2.13. The lowest BCUT2D eigenvalue weighted by Crippen LogP contribution is -2.42. The molecule has 0 aromatic carbocycles. The number of furan rings is 1. The molecule has 1 aromatic heterocycles. The summed E-state index contributed by atoms with van der Waals surface area (Å²) in [4.78, 5) is 11.7. The van der Waals surface area contributed by atoms with E-state index in [4.69, 9.17) is 9.15 Å². The Kier molecular flexibility index (Phi) is 6.35. The van der Waals surface area contributed by atoms with E-state index >= 15 is 0 Å². The molecule has 1 atom stereocenters. The van der Waals surface area contributed by atoms with Gasteiger partial charge >= 0.3 is 0 Å². The van der Waals surface area contributed by atoms with Crippen molar-refractivity contribution in [3.05, 3.63) is 24.2 Å². The van der Waals surface area contributed by atoms with Crippen LogP contribution in [0.4, 0.5) is 0 Å². The highest BCUT2D eigenvalue weighted by molar-refractivity contribution is 5.81. The molecule has 5 heteroatoms. The van der Waals surface area contributed by atoms with Crippen LogP contribution < -0.4 is 10.6 Å². The quantitative estimate of drug-likeness (QED) is 0.663. The van der Waals surface area contributed by atoms with Crippen LogP contribution in [0.2, 0.25) is 0 Å². The Labute approximate surface area is 102 Å². The molecule has 1 aromatic rings. The number of nitrogens with one attached hydrogen (secondary N) is 2. The summed E-state index contributed by atoms with van der Waals surface area (Å²) in [5, 5.41) is 5.92. The number of amides is 1. The van der Waals surface area contributed by atoms with Gasteiger partial charge in [-0.3, -0.25) is 4.79 Å². The maximum atomic E-state index is 11.7. The summed E-state index contributed by atoms with van der Waals surface area (Å²) in [6.45, 7) is 3.73. The first-order chi connectivity index (χ1) is 8.24. The second-order valence-electron chi connectivity index (χ2n) is 3.82. The van der Waals surface area contributed by atoms with E-state index in [1.807, 2.05) is 13.0 Å². The van der Waals surface area contributed by atoms with Crippen molar-refractivity contribution in [1.82, 2.24) is 10.6 Å². The summed E-state index contributed by atoms with van der Waals surface area (Å²) >= 11 is 0. The Balaban J connectivity index is 2.13. The monoisotopic (exact) mass is 240 g/mol. The van der Waals surface area contributed by atoms with E-state index in [-0.39, 0.29) is 11.9 Å². The SMILES string of the molecule is COCCCNC(C)C(=O)NCc1ccco1. The van der Waals surface area contributed by atoms with Crippen LogP contribution in [0.25, 0.3) is 0 Å². The zero-order valence-electron chi connectivity index (χ0n) is 10.4. The summed E-state index contributed by atoms with van der Waals surface area (Å²) in [6, 6.07) is 3.42. The molecule has 1 rings (SSSR count). The normalized spacial score (nSPS) is 12.4. The molecule has 0 fully saturated rings. The average Bonchev–Trinajstić information content (AvgIpc) is 2.84. The first-order valence-corrected chi connectivity index (χ1v) is 5.76. The topological polar surface area (TPSA) is 63.5 Å². The van der Waals surface area contributed by atoms with Gasteiger partial charge in [-0.15, -0.1) is 0 Å². The third kappa shape index (κ3) is 5.51. The Bertz CT molecular complexity index is 312. The number of methoxy groups -OCH3 is 1. The van der Waals surface area contributed by atoms with E-state index in [2.05, 4.69) is 10.6 Å². The van der Waals surface area contributed by atoms with Crippen molar-refractivity contribution in [3.63, 3.8) is 0 Å². The minimum Gasteiger partial charge on any atom is -0.467 e. The third-order valence-corrected chi connectivity index (χ3v) is 2.39. The molecule has 1 unspecified atom stereocenters. The van der Waals surface area contributed by atoms with Crippen molar-refractivity contribution >= 4 is 5.91 Å². The molecule has 2 N–H and O–H groups in total. The predicted molar refractivity (Wildman–Crippen MR) is 64.5 cm³/mol. The predicted octanol–water partition coefficient (Wildman–Crippen LogP) is 0.910. The van der Waals surface area contributed by atoms with Gasteiger partial charge < -0.3 is 19.8 Å². The molecule has 0 saturated carbocycles. The van der Waals surface area contributed by atoms with E-state index in [0.717, 1.165) is 18.7 Å². The van der Waals surface area contributed by atoms with Crippen molar-refractivity contribution in [2.45, 2.75) is 25.9 Å². The summed E-state index contributed by atoms with van der Waals surface area (Å²) in [7, 11) is 1.67. The van der Waals surface area contributed by atoms with E-state index in [9.17, 15) is 4.79 Å².